The highest BCUT2D eigenvalue weighted by atomic mass is 16.3. The van der Waals surface area contributed by atoms with Crippen molar-refractivity contribution in [3.63, 3.8) is 0 Å². The Labute approximate surface area is 356 Å². The SMILES string of the molecule is c1ccc2c(c1)-c1cccc(-c3ccc4oc5ccccc5c4c3)c1-c1cc3c4ccccc4c4ccccc4c3cc1-c1cccc(-c3ccc4oc5ccccc5c4c3)c1-2. The fraction of sp³-hybridized carbons (Fsp3) is 0. The van der Waals surface area contributed by atoms with Crippen LogP contribution < -0.4 is 0 Å². The maximum atomic E-state index is 6.34. The van der Waals surface area contributed by atoms with E-state index in [1.165, 1.54) is 88.0 Å². The third kappa shape index (κ3) is 4.69. The summed E-state index contributed by atoms with van der Waals surface area (Å²) in [6.07, 6.45) is 0. The first-order valence-electron chi connectivity index (χ1n) is 21.3. The number of para-hydroxylation sites is 2. The van der Waals surface area contributed by atoms with Gasteiger partial charge in [0.05, 0.1) is 0 Å². The fourth-order valence-corrected chi connectivity index (χ4v) is 10.7. The Hall–Kier alpha value is -8.20. The van der Waals surface area contributed by atoms with Gasteiger partial charge in [0.25, 0.3) is 0 Å². The summed E-state index contributed by atoms with van der Waals surface area (Å²) in [7, 11) is 0. The molecule has 13 aromatic rings. The van der Waals surface area contributed by atoms with E-state index in [0.717, 1.165) is 55.0 Å². The highest BCUT2D eigenvalue weighted by Gasteiger charge is 2.28. The number of benzene rings is 11. The van der Waals surface area contributed by atoms with Crippen LogP contribution in [0.15, 0.2) is 215 Å². The topological polar surface area (TPSA) is 26.3 Å². The zero-order valence-corrected chi connectivity index (χ0v) is 33.4. The second-order valence-corrected chi connectivity index (χ2v) is 16.7. The van der Waals surface area contributed by atoms with Crippen molar-refractivity contribution < 1.29 is 8.83 Å². The van der Waals surface area contributed by atoms with Crippen LogP contribution in [0.2, 0.25) is 0 Å². The fourth-order valence-electron chi connectivity index (χ4n) is 10.7. The van der Waals surface area contributed by atoms with Gasteiger partial charge in [-0.05, 0) is 148 Å². The van der Waals surface area contributed by atoms with Crippen LogP contribution in [0.5, 0.6) is 0 Å². The lowest BCUT2D eigenvalue weighted by Crippen LogP contribution is -2.01. The van der Waals surface area contributed by atoms with Gasteiger partial charge in [0.2, 0.25) is 0 Å². The lowest BCUT2D eigenvalue weighted by Gasteiger charge is -2.27. The van der Waals surface area contributed by atoms with Crippen molar-refractivity contribution in [1.29, 1.82) is 0 Å². The summed E-state index contributed by atoms with van der Waals surface area (Å²) in [5.41, 5.74) is 18.0. The molecular weight excluding hydrogens is 753 g/mol. The van der Waals surface area contributed by atoms with Crippen molar-refractivity contribution in [2.75, 3.05) is 0 Å². The van der Waals surface area contributed by atoms with Crippen molar-refractivity contribution in [2.45, 2.75) is 0 Å². The quantitative estimate of drug-likeness (QED) is 0.163. The van der Waals surface area contributed by atoms with Crippen LogP contribution in [0.3, 0.4) is 0 Å². The summed E-state index contributed by atoms with van der Waals surface area (Å²) in [4.78, 5) is 0. The Kier molecular flexibility index (Phi) is 6.86. The van der Waals surface area contributed by atoms with E-state index in [-0.39, 0.29) is 0 Å². The van der Waals surface area contributed by atoms with Crippen LogP contribution in [0, 0.1) is 0 Å². The molecule has 0 fully saturated rings. The molecule has 0 aliphatic heterocycles. The molecule has 1 aliphatic carbocycles. The van der Waals surface area contributed by atoms with Crippen molar-refractivity contribution >= 4 is 76.2 Å². The number of hydrogen-bond acceptors (Lipinski definition) is 2. The number of hydrogen-bond donors (Lipinski definition) is 0. The van der Waals surface area contributed by atoms with Gasteiger partial charge in [0, 0.05) is 21.5 Å². The standard InChI is InChI=1S/C60H34O2/c1-3-15-41-39(13-1)40-14-2-4-16-42(40)50-34-54-51(33-49(41)50)48-24-12-21-37(35-27-29-57-52(31-35)44-18-7-9-25-55(44)61-57)59(48)46-20-6-5-17-43(46)47-23-11-22-38(60(47)54)36-28-30-58-53(32-36)45-19-8-10-26-56(45)62-58/h1-34H. The van der Waals surface area contributed by atoms with Gasteiger partial charge in [0.15, 0.2) is 0 Å². The highest BCUT2D eigenvalue weighted by molar-refractivity contribution is 6.27. The first-order valence-corrected chi connectivity index (χ1v) is 21.3. The second kappa shape index (κ2) is 12.7. The molecular formula is C60H34O2. The zero-order valence-electron chi connectivity index (χ0n) is 33.4. The van der Waals surface area contributed by atoms with E-state index in [1.807, 2.05) is 12.1 Å². The third-order valence-electron chi connectivity index (χ3n) is 13.4. The molecule has 286 valence electrons. The first-order chi connectivity index (χ1) is 30.7. The van der Waals surface area contributed by atoms with E-state index in [9.17, 15) is 0 Å². The monoisotopic (exact) mass is 786 g/mol. The van der Waals surface area contributed by atoms with Crippen LogP contribution in [0.25, 0.3) is 143 Å². The molecule has 0 N–H and O–H groups in total. The molecule has 0 spiro atoms. The smallest absolute Gasteiger partial charge is 0.135 e. The summed E-state index contributed by atoms with van der Waals surface area (Å²) < 4.78 is 12.7. The molecule has 1 aliphatic rings. The number of rotatable bonds is 2. The van der Waals surface area contributed by atoms with Gasteiger partial charge in [-0.3, -0.25) is 0 Å². The largest absolute Gasteiger partial charge is 0.456 e. The summed E-state index contributed by atoms with van der Waals surface area (Å²) >= 11 is 0. The van der Waals surface area contributed by atoms with Crippen molar-refractivity contribution in [3.05, 3.63) is 206 Å². The van der Waals surface area contributed by atoms with Gasteiger partial charge < -0.3 is 8.83 Å². The van der Waals surface area contributed by atoms with Crippen molar-refractivity contribution in [1.82, 2.24) is 0 Å². The Morgan fingerprint density at radius 3 is 1.11 bits per heavy atom. The van der Waals surface area contributed by atoms with Crippen LogP contribution in [0.1, 0.15) is 0 Å². The van der Waals surface area contributed by atoms with Crippen LogP contribution in [0.4, 0.5) is 0 Å². The maximum Gasteiger partial charge on any atom is 0.135 e. The Morgan fingerprint density at radius 1 is 0.194 bits per heavy atom. The van der Waals surface area contributed by atoms with Crippen molar-refractivity contribution in [2.24, 2.45) is 0 Å². The molecule has 11 aromatic carbocycles. The van der Waals surface area contributed by atoms with Gasteiger partial charge in [-0.25, -0.2) is 0 Å². The highest BCUT2D eigenvalue weighted by Crippen LogP contribution is 2.55. The molecule has 0 amide bonds. The van der Waals surface area contributed by atoms with Gasteiger partial charge in [-0.15, -0.1) is 0 Å². The zero-order chi connectivity index (χ0) is 40.5. The van der Waals surface area contributed by atoms with Crippen LogP contribution >= 0.6 is 0 Å². The molecule has 2 aromatic heterocycles. The van der Waals surface area contributed by atoms with Gasteiger partial charge >= 0.3 is 0 Å². The lowest BCUT2D eigenvalue weighted by atomic mass is 9.75. The van der Waals surface area contributed by atoms with Gasteiger partial charge in [-0.2, -0.15) is 0 Å². The van der Waals surface area contributed by atoms with Crippen LogP contribution in [-0.2, 0) is 0 Å². The Morgan fingerprint density at radius 2 is 0.565 bits per heavy atom. The molecule has 0 unspecified atom stereocenters. The van der Waals surface area contributed by atoms with Crippen LogP contribution in [-0.4, -0.2) is 0 Å². The lowest BCUT2D eigenvalue weighted by molar-refractivity contribution is 0.668. The maximum absolute atomic E-state index is 6.34. The summed E-state index contributed by atoms with van der Waals surface area (Å²) in [6.45, 7) is 0. The van der Waals surface area contributed by atoms with E-state index in [2.05, 4.69) is 194 Å². The van der Waals surface area contributed by atoms with E-state index in [0.29, 0.717) is 0 Å². The first kappa shape index (κ1) is 33.6. The minimum absolute atomic E-state index is 0.895. The van der Waals surface area contributed by atoms with Gasteiger partial charge in [0.1, 0.15) is 22.3 Å². The third-order valence-corrected chi connectivity index (χ3v) is 13.4. The average Bonchev–Trinajstić information content (AvgIpc) is 3.90. The molecule has 62 heavy (non-hydrogen) atoms. The van der Waals surface area contributed by atoms with Crippen molar-refractivity contribution in [3.8, 4) is 66.8 Å². The second-order valence-electron chi connectivity index (χ2n) is 16.7. The van der Waals surface area contributed by atoms with E-state index >= 15 is 0 Å². The molecule has 0 bridgehead atoms. The number of furan rings is 2. The predicted octanol–water partition coefficient (Wildman–Crippen LogP) is 17.3. The van der Waals surface area contributed by atoms with E-state index in [4.69, 9.17) is 8.83 Å². The average molecular weight is 787 g/mol. The summed E-state index contributed by atoms with van der Waals surface area (Å²) in [5.74, 6) is 0. The molecule has 2 heterocycles. The summed E-state index contributed by atoms with van der Waals surface area (Å²) in [5, 5.41) is 12.0. The van der Waals surface area contributed by atoms with Gasteiger partial charge in [-0.1, -0.05) is 158 Å². The summed E-state index contributed by atoms with van der Waals surface area (Å²) in [6, 6.07) is 75.6. The molecule has 2 heteroatoms. The minimum Gasteiger partial charge on any atom is -0.456 e. The normalized spacial score (nSPS) is 12.2. The molecule has 0 saturated carbocycles. The van der Waals surface area contributed by atoms with E-state index < -0.39 is 0 Å². The Balaban J connectivity index is 1.14. The molecule has 0 saturated heterocycles. The molecule has 0 radical (unpaired) electrons. The van der Waals surface area contributed by atoms with E-state index in [1.54, 1.807) is 0 Å². The molecule has 2 nitrogen and oxygen atoms in total. The number of fused-ring (bicyclic) bond motifs is 20. The minimum atomic E-state index is 0.895. The Bertz CT molecular complexity index is 4050. The predicted molar refractivity (Wildman–Crippen MR) is 260 cm³/mol. The molecule has 14 rings (SSSR count). The molecule has 0 atom stereocenters.